The van der Waals surface area contributed by atoms with E-state index in [4.69, 9.17) is 0 Å². The van der Waals surface area contributed by atoms with Gasteiger partial charge in [-0.05, 0) is 6.07 Å². The fourth-order valence-corrected chi connectivity index (χ4v) is 2.94. The van der Waals surface area contributed by atoms with Crippen LogP contribution in [0.5, 0.6) is 0 Å². The van der Waals surface area contributed by atoms with Gasteiger partial charge in [0.15, 0.2) is 0 Å². The van der Waals surface area contributed by atoms with Crippen LogP contribution in [0.4, 0.5) is 11.4 Å². The lowest BCUT2D eigenvalue weighted by Crippen LogP contribution is -2.14. The molecule has 0 fully saturated rings. The van der Waals surface area contributed by atoms with Crippen LogP contribution in [0.2, 0.25) is 0 Å². The maximum atomic E-state index is 12.3. The highest BCUT2D eigenvalue weighted by atomic mass is 16.6. The highest BCUT2D eigenvalue weighted by molar-refractivity contribution is 6.32. The number of carbonyl (C=O) groups excluding carboxylic acids is 1. The lowest BCUT2D eigenvalue weighted by molar-refractivity contribution is -0.384. The molecule has 2 aromatic rings. The predicted octanol–water partition coefficient (Wildman–Crippen LogP) is 3.04. The number of benzene rings is 2. The molecule has 1 unspecified atom stereocenters. The second kappa shape index (κ2) is 5.79. The van der Waals surface area contributed by atoms with Crippen LogP contribution in [0, 0.1) is 16.0 Å². The van der Waals surface area contributed by atoms with Crippen LogP contribution in [0.25, 0.3) is 5.57 Å². The summed E-state index contributed by atoms with van der Waals surface area (Å²) in [6, 6.07) is 13.7. The number of amides is 1. The van der Waals surface area contributed by atoms with Crippen molar-refractivity contribution in [2.24, 2.45) is 16.1 Å². The zero-order valence-electron chi connectivity index (χ0n) is 12.9. The first-order valence-electron chi connectivity index (χ1n) is 7.62. The van der Waals surface area contributed by atoms with Crippen molar-refractivity contribution in [1.29, 1.82) is 0 Å². The molecule has 0 saturated carbocycles. The Labute approximate surface area is 142 Å². The van der Waals surface area contributed by atoms with E-state index in [0.717, 1.165) is 11.3 Å². The van der Waals surface area contributed by atoms with Crippen LogP contribution >= 0.6 is 0 Å². The summed E-state index contributed by atoms with van der Waals surface area (Å²) in [4.78, 5) is 22.8. The Morgan fingerprint density at radius 3 is 2.84 bits per heavy atom. The van der Waals surface area contributed by atoms with Gasteiger partial charge < -0.3 is 5.32 Å². The van der Waals surface area contributed by atoms with Crippen molar-refractivity contribution < 1.29 is 9.72 Å². The zero-order valence-corrected chi connectivity index (χ0v) is 12.9. The van der Waals surface area contributed by atoms with Gasteiger partial charge in [0, 0.05) is 40.7 Å². The number of anilines is 1. The van der Waals surface area contributed by atoms with E-state index in [-0.39, 0.29) is 17.5 Å². The Balaban J connectivity index is 1.71. The van der Waals surface area contributed by atoms with Crippen LogP contribution in [0.1, 0.15) is 11.1 Å². The first-order chi connectivity index (χ1) is 12.1. The van der Waals surface area contributed by atoms with Gasteiger partial charge >= 0.3 is 0 Å². The van der Waals surface area contributed by atoms with E-state index in [1.165, 1.54) is 12.1 Å². The number of rotatable bonds is 3. The van der Waals surface area contributed by atoms with Crippen molar-refractivity contribution >= 4 is 34.8 Å². The molecular weight excluding hydrogens is 320 g/mol. The molecule has 0 spiro atoms. The summed E-state index contributed by atoms with van der Waals surface area (Å²) in [5.74, 6) is -0.506. The van der Waals surface area contributed by atoms with Crippen LogP contribution in [0.15, 0.2) is 64.8 Å². The van der Waals surface area contributed by atoms with E-state index in [2.05, 4.69) is 15.5 Å². The molecule has 1 amide bonds. The van der Waals surface area contributed by atoms with Crippen LogP contribution in [-0.2, 0) is 4.79 Å². The number of hydrogen-bond acceptors (Lipinski definition) is 5. The molecule has 2 aliphatic heterocycles. The number of hydrogen-bond donors (Lipinski definition) is 1. The van der Waals surface area contributed by atoms with E-state index < -0.39 is 4.92 Å². The Morgan fingerprint density at radius 2 is 2.00 bits per heavy atom. The summed E-state index contributed by atoms with van der Waals surface area (Å²) in [6.45, 7) is 0. The van der Waals surface area contributed by atoms with E-state index >= 15 is 0 Å². The van der Waals surface area contributed by atoms with Crippen molar-refractivity contribution in [3.63, 3.8) is 0 Å². The van der Waals surface area contributed by atoms with Gasteiger partial charge in [-0.1, -0.05) is 36.4 Å². The van der Waals surface area contributed by atoms with Crippen molar-refractivity contribution in [2.45, 2.75) is 0 Å². The van der Waals surface area contributed by atoms with Crippen molar-refractivity contribution in [1.82, 2.24) is 0 Å². The average molecular weight is 332 g/mol. The maximum Gasteiger partial charge on any atom is 0.270 e. The molecule has 1 N–H and O–H groups in total. The number of fused-ring (bicyclic) bond motifs is 1. The second-order valence-electron chi connectivity index (χ2n) is 5.66. The number of allylic oxidation sites excluding steroid dienone is 1. The molecule has 25 heavy (non-hydrogen) atoms. The van der Waals surface area contributed by atoms with Crippen molar-refractivity contribution in [2.75, 3.05) is 5.32 Å². The predicted molar refractivity (Wildman–Crippen MR) is 94.7 cm³/mol. The molecule has 2 aromatic carbocycles. The van der Waals surface area contributed by atoms with Gasteiger partial charge in [0.05, 0.1) is 16.6 Å². The van der Waals surface area contributed by atoms with Gasteiger partial charge in [-0.3, -0.25) is 14.9 Å². The molecule has 122 valence electrons. The molecule has 2 heterocycles. The smallest absolute Gasteiger partial charge is 0.270 e. The van der Waals surface area contributed by atoms with E-state index in [0.29, 0.717) is 16.8 Å². The third kappa shape index (κ3) is 2.61. The van der Waals surface area contributed by atoms with Crippen LogP contribution in [-0.4, -0.2) is 22.8 Å². The molecular formula is C18H12N4O3. The molecule has 4 rings (SSSR count). The number of nitrogens with one attached hydrogen (secondary N) is 1. The van der Waals surface area contributed by atoms with Gasteiger partial charge in [0.1, 0.15) is 0 Å². The summed E-state index contributed by atoms with van der Waals surface area (Å²) in [7, 11) is 0. The van der Waals surface area contributed by atoms with E-state index in [1.54, 1.807) is 24.4 Å². The second-order valence-corrected chi connectivity index (χ2v) is 5.66. The Hall–Kier alpha value is -3.61. The minimum atomic E-state index is -0.450. The van der Waals surface area contributed by atoms with Gasteiger partial charge in [0.2, 0.25) is 0 Å². The number of nitro benzene ring substituents is 1. The largest absolute Gasteiger partial charge is 0.321 e. The van der Waals surface area contributed by atoms with Gasteiger partial charge in [-0.2, -0.15) is 10.2 Å². The number of carbonyl (C=O) groups is 1. The fraction of sp³-hybridized carbons (Fsp3) is 0.0556. The third-order valence-electron chi connectivity index (χ3n) is 4.12. The maximum absolute atomic E-state index is 12.3. The molecule has 1 atom stereocenters. The number of nitro groups is 1. The average Bonchev–Trinajstić information content (AvgIpc) is 3.20. The van der Waals surface area contributed by atoms with E-state index in [9.17, 15) is 14.9 Å². The first-order valence-corrected chi connectivity index (χ1v) is 7.62. The number of para-hydroxylation sites is 1. The highest BCUT2D eigenvalue weighted by Crippen LogP contribution is 2.33. The van der Waals surface area contributed by atoms with Crippen molar-refractivity contribution in [3.8, 4) is 0 Å². The topological polar surface area (TPSA) is 97.0 Å². The lowest BCUT2D eigenvalue weighted by Gasteiger charge is -2.07. The SMILES string of the molecule is O=C1Nc2ccccc2C1=CC1C=NN=C1c1cccc([N+](=O)[O-])c1. The summed E-state index contributed by atoms with van der Waals surface area (Å²) in [5.41, 5.74) is 3.32. The van der Waals surface area contributed by atoms with E-state index in [1.807, 2.05) is 24.3 Å². The molecule has 0 saturated heterocycles. The Morgan fingerprint density at radius 1 is 1.16 bits per heavy atom. The molecule has 0 aromatic heterocycles. The summed E-state index contributed by atoms with van der Waals surface area (Å²) >= 11 is 0. The normalized spacial score (nSPS) is 19.7. The van der Waals surface area contributed by atoms with Crippen LogP contribution < -0.4 is 5.32 Å². The fourth-order valence-electron chi connectivity index (χ4n) is 2.94. The third-order valence-corrected chi connectivity index (χ3v) is 4.12. The zero-order chi connectivity index (χ0) is 17.4. The molecule has 0 aliphatic carbocycles. The number of non-ortho nitro benzene ring substituents is 1. The highest BCUT2D eigenvalue weighted by Gasteiger charge is 2.27. The Bertz CT molecular complexity index is 991. The number of nitrogens with zero attached hydrogens (tertiary/aromatic N) is 3. The lowest BCUT2D eigenvalue weighted by atomic mass is 9.94. The molecule has 7 heteroatoms. The molecule has 7 nitrogen and oxygen atoms in total. The molecule has 0 bridgehead atoms. The summed E-state index contributed by atoms with van der Waals surface area (Å²) in [6.07, 6.45) is 3.41. The summed E-state index contributed by atoms with van der Waals surface area (Å²) in [5, 5.41) is 21.8. The van der Waals surface area contributed by atoms with Gasteiger partial charge in [-0.25, -0.2) is 0 Å². The van der Waals surface area contributed by atoms with Crippen molar-refractivity contribution in [3.05, 3.63) is 75.8 Å². The standard InChI is InChI=1S/C18H12N4O3/c23-18-15(14-6-1-2-7-16(14)20-18)9-12-10-19-21-17(12)11-4-3-5-13(8-11)22(24)25/h1-10,12H,(H,20,23). The molecule has 0 radical (unpaired) electrons. The monoisotopic (exact) mass is 332 g/mol. The van der Waals surface area contributed by atoms with Crippen LogP contribution in [0.3, 0.4) is 0 Å². The first kappa shape index (κ1) is 14.9. The minimum Gasteiger partial charge on any atom is -0.321 e. The summed E-state index contributed by atoms with van der Waals surface area (Å²) < 4.78 is 0. The molecule has 2 aliphatic rings. The van der Waals surface area contributed by atoms with Gasteiger partial charge in [-0.15, -0.1) is 0 Å². The Kier molecular flexibility index (Phi) is 3.46. The van der Waals surface area contributed by atoms with Gasteiger partial charge in [0.25, 0.3) is 11.6 Å². The quantitative estimate of drug-likeness (QED) is 0.531. The minimum absolute atomic E-state index is 0.0116.